The molecule has 1 aliphatic heterocycles. The second-order valence-electron chi connectivity index (χ2n) is 7.50. The molecule has 0 fully saturated rings. The number of hydrogen-bond donors (Lipinski definition) is 0. The number of rotatable bonds is 6. The predicted octanol–water partition coefficient (Wildman–Crippen LogP) is 5.15. The van der Waals surface area contributed by atoms with E-state index >= 15 is 0 Å². The molecule has 3 heteroatoms. The zero-order valence-electron chi connectivity index (χ0n) is 16.7. The molecule has 0 radical (unpaired) electrons. The zero-order chi connectivity index (χ0) is 19.4. The first kappa shape index (κ1) is 18.9. The van der Waals surface area contributed by atoms with Crippen LogP contribution < -0.4 is 4.90 Å². The Morgan fingerprint density at radius 3 is 2.41 bits per heavy atom. The van der Waals surface area contributed by atoms with Gasteiger partial charge >= 0.3 is 0 Å². The van der Waals surface area contributed by atoms with E-state index in [9.17, 15) is 0 Å². The van der Waals surface area contributed by atoms with E-state index in [2.05, 4.69) is 104 Å². The Morgan fingerprint density at radius 2 is 1.78 bits per heavy atom. The highest BCUT2D eigenvalue weighted by Gasteiger charge is 2.42. The maximum atomic E-state index is 8.81. The van der Waals surface area contributed by atoms with E-state index in [1.54, 1.807) is 0 Å². The minimum Gasteiger partial charge on any atom is -0.371 e. The predicted molar refractivity (Wildman–Crippen MR) is 114 cm³/mol. The molecule has 138 valence electrons. The Kier molecular flexibility index (Phi) is 5.46. The largest absolute Gasteiger partial charge is 0.371 e. The van der Waals surface area contributed by atoms with Crippen molar-refractivity contribution in [3.63, 3.8) is 0 Å². The Balaban J connectivity index is 1.81. The molecule has 0 saturated carbocycles. The lowest BCUT2D eigenvalue weighted by atomic mass is 9.81. The fourth-order valence-corrected chi connectivity index (χ4v) is 3.93. The van der Waals surface area contributed by atoms with Gasteiger partial charge in [0.05, 0.1) is 17.9 Å². The summed E-state index contributed by atoms with van der Waals surface area (Å²) in [6, 6.07) is 19.4. The van der Waals surface area contributed by atoms with Gasteiger partial charge < -0.3 is 4.90 Å². The number of nitrogens with zero attached hydrogens (tertiary/aromatic N) is 3. The number of para-hydroxylation sites is 1. The SMILES string of the molecule is CCN(CCC#N)c1ccc(C=CC2=[N+](C)c3ccccc3C2(C)C)cc1. The first-order valence-corrected chi connectivity index (χ1v) is 9.59. The van der Waals surface area contributed by atoms with Crippen molar-refractivity contribution in [1.82, 2.24) is 0 Å². The molecule has 1 heterocycles. The molecule has 0 aliphatic carbocycles. The lowest BCUT2D eigenvalue weighted by Crippen LogP contribution is -2.26. The summed E-state index contributed by atoms with van der Waals surface area (Å²) in [7, 11) is 2.14. The van der Waals surface area contributed by atoms with E-state index in [0.29, 0.717) is 6.42 Å². The smallest absolute Gasteiger partial charge is 0.209 e. The first-order chi connectivity index (χ1) is 13.0. The molecule has 0 bridgehead atoms. The third kappa shape index (κ3) is 3.66. The maximum absolute atomic E-state index is 8.81. The van der Waals surface area contributed by atoms with Gasteiger partial charge in [-0.15, -0.1) is 0 Å². The molecule has 2 aromatic carbocycles. The summed E-state index contributed by atoms with van der Waals surface area (Å²) in [5.41, 5.74) is 6.31. The number of nitriles is 1. The van der Waals surface area contributed by atoms with Crippen molar-refractivity contribution in [2.45, 2.75) is 32.6 Å². The van der Waals surface area contributed by atoms with Crippen LogP contribution >= 0.6 is 0 Å². The van der Waals surface area contributed by atoms with Gasteiger partial charge in [0.25, 0.3) is 0 Å². The van der Waals surface area contributed by atoms with Gasteiger partial charge in [-0.25, -0.2) is 0 Å². The van der Waals surface area contributed by atoms with Crippen molar-refractivity contribution < 1.29 is 4.58 Å². The van der Waals surface area contributed by atoms with Gasteiger partial charge in [-0.1, -0.05) is 30.3 Å². The summed E-state index contributed by atoms with van der Waals surface area (Å²) >= 11 is 0. The summed E-state index contributed by atoms with van der Waals surface area (Å²) in [5, 5.41) is 8.81. The van der Waals surface area contributed by atoms with Crippen LogP contribution in [0, 0.1) is 11.3 Å². The van der Waals surface area contributed by atoms with Gasteiger partial charge in [-0.3, -0.25) is 0 Å². The van der Waals surface area contributed by atoms with E-state index in [-0.39, 0.29) is 5.41 Å². The van der Waals surface area contributed by atoms with Crippen LogP contribution in [0.1, 0.15) is 38.3 Å². The molecule has 0 saturated heterocycles. The lowest BCUT2D eigenvalue weighted by Gasteiger charge is -2.21. The lowest BCUT2D eigenvalue weighted by molar-refractivity contribution is -0.401. The van der Waals surface area contributed by atoms with Crippen LogP contribution in [-0.4, -0.2) is 30.4 Å². The van der Waals surface area contributed by atoms with Gasteiger partial charge in [0, 0.05) is 36.5 Å². The molecule has 0 amide bonds. The first-order valence-electron chi connectivity index (χ1n) is 9.59. The van der Waals surface area contributed by atoms with Crippen LogP contribution in [0.3, 0.4) is 0 Å². The van der Waals surface area contributed by atoms with Crippen molar-refractivity contribution in [1.29, 1.82) is 5.26 Å². The van der Waals surface area contributed by atoms with Gasteiger partial charge in [-0.05, 0) is 44.5 Å². The molecule has 27 heavy (non-hydrogen) atoms. The number of hydrogen-bond acceptors (Lipinski definition) is 2. The number of benzene rings is 2. The van der Waals surface area contributed by atoms with Crippen molar-refractivity contribution >= 4 is 23.2 Å². The number of allylic oxidation sites excluding steroid dienone is 1. The Labute approximate surface area is 162 Å². The van der Waals surface area contributed by atoms with Gasteiger partial charge in [-0.2, -0.15) is 9.84 Å². The summed E-state index contributed by atoms with van der Waals surface area (Å²) in [6.07, 6.45) is 4.98. The summed E-state index contributed by atoms with van der Waals surface area (Å²) < 4.78 is 2.29. The molecule has 2 aromatic rings. The van der Waals surface area contributed by atoms with Gasteiger partial charge in [0.1, 0.15) is 7.05 Å². The summed E-state index contributed by atoms with van der Waals surface area (Å²) in [6.45, 7) is 8.37. The van der Waals surface area contributed by atoms with Crippen LogP contribution in [-0.2, 0) is 5.41 Å². The van der Waals surface area contributed by atoms with Crippen LogP contribution in [0.4, 0.5) is 11.4 Å². The molecular formula is C24H28N3+. The molecule has 0 atom stereocenters. The third-order valence-electron chi connectivity index (χ3n) is 5.51. The molecule has 0 spiro atoms. The number of anilines is 1. The highest BCUT2D eigenvalue weighted by atomic mass is 15.1. The third-order valence-corrected chi connectivity index (χ3v) is 5.51. The molecule has 3 nitrogen and oxygen atoms in total. The van der Waals surface area contributed by atoms with Crippen molar-refractivity contribution in [3.8, 4) is 6.07 Å². The highest BCUT2D eigenvalue weighted by molar-refractivity contribution is 6.05. The van der Waals surface area contributed by atoms with E-state index in [0.717, 1.165) is 13.1 Å². The maximum Gasteiger partial charge on any atom is 0.209 e. The fourth-order valence-electron chi connectivity index (χ4n) is 3.93. The van der Waals surface area contributed by atoms with Crippen molar-refractivity contribution in [2.75, 3.05) is 25.0 Å². The average molecular weight is 359 g/mol. The Morgan fingerprint density at radius 1 is 1.07 bits per heavy atom. The summed E-state index contributed by atoms with van der Waals surface area (Å²) in [4.78, 5) is 2.23. The van der Waals surface area contributed by atoms with Crippen LogP contribution in [0.15, 0.2) is 54.6 Å². The second-order valence-corrected chi connectivity index (χ2v) is 7.50. The molecular weight excluding hydrogens is 330 g/mol. The molecule has 0 N–H and O–H groups in total. The van der Waals surface area contributed by atoms with Crippen LogP contribution in [0.5, 0.6) is 0 Å². The van der Waals surface area contributed by atoms with Crippen molar-refractivity contribution in [3.05, 3.63) is 65.7 Å². The number of fused-ring (bicyclic) bond motifs is 1. The van der Waals surface area contributed by atoms with E-state index in [1.807, 2.05) is 0 Å². The topological polar surface area (TPSA) is 30.0 Å². The normalized spacial score (nSPS) is 15.1. The van der Waals surface area contributed by atoms with Crippen molar-refractivity contribution in [2.24, 2.45) is 0 Å². The Bertz CT molecular complexity index is 911. The zero-order valence-corrected chi connectivity index (χ0v) is 16.7. The highest BCUT2D eigenvalue weighted by Crippen LogP contribution is 2.39. The van der Waals surface area contributed by atoms with E-state index in [4.69, 9.17) is 5.26 Å². The minimum absolute atomic E-state index is 0.00190. The summed E-state index contributed by atoms with van der Waals surface area (Å²) in [5.74, 6) is 0. The van der Waals surface area contributed by atoms with Crippen LogP contribution in [0.25, 0.3) is 6.08 Å². The van der Waals surface area contributed by atoms with Gasteiger partial charge in [0.15, 0.2) is 5.71 Å². The minimum atomic E-state index is -0.00190. The van der Waals surface area contributed by atoms with E-state index < -0.39 is 0 Å². The Hall–Kier alpha value is -2.86. The average Bonchev–Trinajstić information content (AvgIpc) is 2.88. The van der Waals surface area contributed by atoms with E-state index in [1.165, 1.54) is 28.2 Å². The molecule has 1 aliphatic rings. The van der Waals surface area contributed by atoms with Crippen LogP contribution in [0.2, 0.25) is 0 Å². The molecule has 3 rings (SSSR count). The monoisotopic (exact) mass is 358 g/mol. The van der Waals surface area contributed by atoms with Gasteiger partial charge in [0.2, 0.25) is 5.69 Å². The quantitative estimate of drug-likeness (QED) is 0.669. The second kappa shape index (κ2) is 7.80. The fraction of sp³-hybridized carbons (Fsp3) is 0.333. The molecule has 0 aromatic heterocycles. The molecule has 0 unspecified atom stereocenters. The standard InChI is InChI=1S/C24H28N3/c1-5-27(18-8-17-25)20-14-11-19(12-15-20)13-16-23-24(2,3)21-9-6-7-10-22(21)26(23)4/h6-7,9-16H,5,8,18H2,1-4H3/q+1.